The van der Waals surface area contributed by atoms with Crippen molar-refractivity contribution in [1.29, 1.82) is 0 Å². The highest BCUT2D eigenvalue weighted by Gasteiger charge is 2.56. The zero-order valence-electron chi connectivity index (χ0n) is 23.4. The minimum Gasteiger partial charge on any atom is -0.454 e. The molecule has 4 aliphatic rings. The summed E-state index contributed by atoms with van der Waals surface area (Å²) in [5.74, 6) is 0.325. The Balaban J connectivity index is 1.26. The first kappa shape index (κ1) is 26.5. The highest BCUT2D eigenvalue weighted by molar-refractivity contribution is 6.30. The Labute approximate surface area is 242 Å². The molecular weight excluding hydrogens is 536 g/mol. The molecule has 0 radical (unpaired) electrons. The van der Waals surface area contributed by atoms with Gasteiger partial charge in [0.05, 0.1) is 5.69 Å². The van der Waals surface area contributed by atoms with E-state index in [1.54, 1.807) is 36.4 Å². The number of piperidine rings is 1. The van der Waals surface area contributed by atoms with E-state index < -0.39 is 23.3 Å². The van der Waals surface area contributed by atoms with Crippen molar-refractivity contribution < 1.29 is 23.9 Å². The Morgan fingerprint density at radius 2 is 1.69 bits per heavy atom. The summed E-state index contributed by atoms with van der Waals surface area (Å²) >= 11 is 0. The van der Waals surface area contributed by atoms with Gasteiger partial charge >= 0.3 is 6.03 Å². The van der Waals surface area contributed by atoms with Gasteiger partial charge in [-0.2, -0.15) is 0 Å². The van der Waals surface area contributed by atoms with Gasteiger partial charge in [-0.25, -0.2) is 9.69 Å². The number of nitrogens with zero attached hydrogens (tertiary/aromatic N) is 3. The van der Waals surface area contributed by atoms with Gasteiger partial charge < -0.3 is 18.9 Å². The van der Waals surface area contributed by atoms with Crippen molar-refractivity contribution in [2.45, 2.75) is 38.6 Å². The van der Waals surface area contributed by atoms with Gasteiger partial charge in [0, 0.05) is 43.9 Å². The maximum atomic E-state index is 14.5. The first-order chi connectivity index (χ1) is 20.3. The average molecular weight is 569 g/mol. The van der Waals surface area contributed by atoms with Crippen molar-refractivity contribution in [3.63, 3.8) is 0 Å². The van der Waals surface area contributed by atoms with Crippen LogP contribution in [0, 0.1) is 11.3 Å². The topological polar surface area (TPSA) is 110 Å². The van der Waals surface area contributed by atoms with Crippen LogP contribution in [0.15, 0.2) is 65.5 Å². The first-order valence-corrected chi connectivity index (χ1v) is 14.4. The second-order valence-electron chi connectivity index (χ2n) is 11.8. The lowest BCUT2D eigenvalue weighted by Gasteiger charge is -2.47. The second kappa shape index (κ2) is 10.1. The number of carbonyl (C=O) groups is 3. The summed E-state index contributed by atoms with van der Waals surface area (Å²) in [4.78, 5) is 57.4. The maximum absolute atomic E-state index is 14.5. The number of rotatable bonds is 6. The molecule has 4 amide bonds. The third-order valence-corrected chi connectivity index (χ3v) is 9.07. The monoisotopic (exact) mass is 568 g/mol. The zero-order chi connectivity index (χ0) is 29.0. The number of fused-ring (bicyclic) bond motifs is 5. The highest BCUT2D eigenvalue weighted by atomic mass is 16.7. The molecule has 0 saturated carbocycles. The number of likely N-dealkylation sites (tertiary alicyclic amines) is 1. The lowest BCUT2D eigenvalue weighted by atomic mass is 9.75. The van der Waals surface area contributed by atoms with Gasteiger partial charge in [-0.15, -0.1) is 0 Å². The Bertz CT molecular complexity index is 1650. The maximum Gasteiger partial charge on any atom is 0.335 e. The molecule has 0 aliphatic carbocycles. The standard InChI is InChI=1S/C32H32N4O6/c1-2-20-6-9-24(10-7-20)36-30(39)32(29(38)33-31(36)40,14-21-8-11-26-27(13-21)42-19-41-26)18-34-15-22-12-23(17-34)25-4-3-5-28(37)35(25)16-22/h3-11,13,22-23H,2,12,14-19H2,1H3,(H,33,38,40). The van der Waals surface area contributed by atoms with Gasteiger partial charge in [-0.05, 0) is 66.6 Å². The fourth-order valence-corrected chi connectivity index (χ4v) is 7.05. The van der Waals surface area contributed by atoms with E-state index in [-0.39, 0.29) is 37.2 Å². The molecule has 3 aromatic rings. The summed E-state index contributed by atoms with van der Waals surface area (Å²) in [6.07, 6.45) is 1.84. The van der Waals surface area contributed by atoms with Crippen molar-refractivity contribution in [3.05, 3.63) is 87.8 Å². The molecule has 2 saturated heterocycles. The van der Waals surface area contributed by atoms with E-state index in [9.17, 15) is 19.2 Å². The molecule has 0 spiro atoms. The van der Waals surface area contributed by atoms with Crippen molar-refractivity contribution in [3.8, 4) is 11.5 Å². The molecule has 4 aliphatic heterocycles. The van der Waals surface area contributed by atoms with Gasteiger partial charge in [0.1, 0.15) is 5.41 Å². The number of urea groups is 1. The normalized spacial score (nSPS) is 24.9. The zero-order valence-corrected chi connectivity index (χ0v) is 23.4. The van der Waals surface area contributed by atoms with E-state index in [0.717, 1.165) is 34.6 Å². The minimum absolute atomic E-state index is 0.00000951. The van der Waals surface area contributed by atoms with E-state index in [4.69, 9.17) is 9.47 Å². The van der Waals surface area contributed by atoms with Gasteiger partial charge in [-0.3, -0.25) is 19.7 Å². The Kier molecular flexibility index (Phi) is 6.38. The van der Waals surface area contributed by atoms with Crippen LogP contribution in [-0.4, -0.2) is 53.7 Å². The number of hydrogen-bond acceptors (Lipinski definition) is 7. The first-order valence-electron chi connectivity index (χ1n) is 14.4. The fourth-order valence-electron chi connectivity index (χ4n) is 7.05. The molecule has 2 fully saturated rings. The molecule has 3 unspecified atom stereocenters. The number of pyridine rings is 1. The third-order valence-electron chi connectivity index (χ3n) is 9.07. The number of ether oxygens (including phenoxy) is 2. The summed E-state index contributed by atoms with van der Waals surface area (Å²) in [7, 11) is 0. The molecule has 216 valence electrons. The molecule has 1 N–H and O–H groups in total. The van der Waals surface area contributed by atoms with E-state index in [1.807, 2.05) is 35.8 Å². The molecule has 3 atom stereocenters. The molecule has 10 nitrogen and oxygen atoms in total. The van der Waals surface area contributed by atoms with Crippen LogP contribution in [-0.2, 0) is 29.0 Å². The Hall–Kier alpha value is -4.44. The van der Waals surface area contributed by atoms with Crippen LogP contribution in [0.4, 0.5) is 10.5 Å². The molecule has 7 rings (SSSR count). The predicted octanol–water partition coefficient (Wildman–Crippen LogP) is 3.07. The smallest absolute Gasteiger partial charge is 0.335 e. The van der Waals surface area contributed by atoms with Gasteiger partial charge in [0.2, 0.25) is 12.7 Å². The second-order valence-corrected chi connectivity index (χ2v) is 11.8. The number of barbiturate groups is 1. The quantitative estimate of drug-likeness (QED) is 0.455. The summed E-state index contributed by atoms with van der Waals surface area (Å²) < 4.78 is 12.9. The summed E-state index contributed by atoms with van der Waals surface area (Å²) in [6, 6.07) is 17.3. The summed E-state index contributed by atoms with van der Waals surface area (Å²) in [6.45, 7) is 4.12. The van der Waals surface area contributed by atoms with Crippen molar-refractivity contribution in [2.24, 2.45) is 11.3 Å². The molecule has 2 aromatic carbocycles. The number of aryl methyl sites for hydroxylation is 1. The predicted molar refractivity (Wildman–Crippen MR) is 154 cm³/mol. The van der Waals surface area contributed by atoms with Crippen molar-refractivity contribution >= 4 is 23.5 Å². The van der Waals surface area contributed by atoms with Crippen LogP contribution >= 0.6 is 0 Å². The minimum atomic E-state index is -1.58. The van der Waals surface area contributed by atoms with Gasteiger partial charge in [-0.1, -0.05) is 31.2 Å². The molecule has 5 heterocycles. The summed E-state index contributed by atoms with van der Waals surface area (Å²) in [5, 5.41) is 2.51. The number of amides is 4. The Morgan fingerprint density at radius 1 is 0.905 bits per heavy atom. The molecule has 1 aromatic heterocycles. The number of benzene rings is 2. The molecule has 2 bridgehead atoms. The lowest BCUT2D eigenvalue weighted by molar-refractivity contribution is -0.144. The SMILES string of the molecule is CCc1ccc(N2C(=O)NC(=O)C(Cc3ccc4c(c3)OCO4)(CN3CC4CC(C3)c3cccc(=O)n3C4)C2=O)cc1. The van der Waals surface area contributed by atoms with Crippen LogP contribution in [0.5, 0.6) is 11.5 Å². The molecule has 10 heteroatoms. The van der Waals surface area contributed by atoms with E-state index in [2.05, 4.69) is 10.2 Å². The van der Waals surface area contributed by atoms with E-state index >= 15 is 0 Å². The number of imide groups is 2. The lowest BCUT2D eigenvalue weighted by Crippen LogP contribution is -2.68. The largest absolute Gasteiger partial charge is 0.454 e. The number of carbonyl (C=O) groups excluding carboxylic acids is 3. The van der Waals surface area contributed by atoms with Crippen LogP contribution < -0.4 is 25.2 Å². The third kappa shape index (κ3) is 4.37. The Morgan fingerprint density at radius 3 is 2.50 bits per heavy atom. The highest BCUT2D eigenvalue weighted by Crippen LogP contribution is 2.40. The van der Waals surface area contributed by atoms with Crippen LogP contribution in [0.2, 0.25) is 0 Å². The number of hydrogen-bond donors (Lipinski definition) is 1. The van der Waals surface area contributed by atoms with E-state index in [0.29, 0.717) is 36.8 Å². The number of anilines is 1. The van der Waals surface area contributed by atoms with Gasteiger partial charge in [0.25, 0.3) is 11.5 Å². The molecular formula is C32H32N4O6. The van der Waals surface area contributed by atoms with Crippen LogP contribution in [0.25, 0.3) is 0 Å². The molecule has 42 heavy (non-hydrogen) atoms. The number of nitrogens with one attached hydrogen (secondary N) is 1. The average Bonchev–Trinajstić information content (AvgIpc) is 3.45. The van der Waals surface area contributed by atoms with E-state index in [1.165, 1.54) is 0 Å². The van der Waals surface area contributed by atoms with Gasteiger partial charge in [0.15, 0.2) is 11.5 Å². The fraction of sp³-hybridized carbons (Fsp3) is 0.375. The summed E-state index contributed by atoms with van der Waals surface area (Å²) in [5.41, 5.74) is 1.63. The number of aromatic nitrogens is 1. The van der Waals surface area contributed by atoms with Crippen LogP contribution in [0.1, 0.15) is 36.1 Å². The van der Waals surface area contributed by atoms with Crippen LogP contribution in [0.3, 0.4) is 0 Å². The van der Waals surface area contributed by atoms with Crippen molar-refractivity contribution in [1.82, 2.24) is 14.8 Å². The van der Waals surface area contributed by atoms with Crippen molar-refractivity contribution in [2.75, 3.05) is 31.3 Å².